The van der Waals surface area contributed by atoms with Gasteiger partial charge in [-0.2, -0.15) is 0 Å². The number of carbonyl (C=O) groups excluding carboxylic acids is 2. The summed E-state index contributed by atoms with van der Waals surface area (Å²) in [7, 11) is 0. The fraction of sp³-hybridized carbons (Fsp3) is 0.444. The summed E-state index contributed by atoms with van der Waals surface area (Å²) >= 11 is 0. The molecule has 1 saturated carbocycles. The lowest BCUT2D eigenvalue weighted by molar-refractivity contribution is 0.1000. The van der Waals surface area contributed by atoms with Gasteiger partial charge < -0.3 is 10.3 Å². The van der Waals surface area contributed by atoms with Crippen molar-refractivity contribution in [3.8, 4) is 0 Å². The summed E-state index contributed by atoms with van der Waals surface area (Å²) in [6.07, 6.45) is 9.66. The largest absolute Gasteiger partial charge is 0.366 e. The Morgan fingerprint density at radius 2 is 1.68 bits per heavy atom. The normalized spacial score (nSPS) is 17.6. The van der Waals surface area contributed by atoms with Gasteiger partial charge in [-0.3, -0.25) is 19.8 Å². The fourth-order valence-electron chi connectivity index (χ4n) is 5.40. The van der Waals surface area contributed by atoms with E-state index in [9.17, 15) is 9.59 Å². The van der Waals surface area contributed by atoms with Crippen molar-refractivity contribution in [2.45, 2.75) is 64.0 Å². The lowest BCUT2D eigenvalue weighted by Crippen LogP contribution is -2.29. The van der Waals surface area contributed by atoms with E-state index in [1.807, 2.05) is 0 Å². The zero-order valence-corrected chi connectivity index (χ0v) is 19.6. The molecule has 2 fully saturated rings. The van der Waals surface area contributed by atoms with Crippen LogP contribution in [0.2, 0.25) is 0 Å². The van der Waals surface area contributed by atoms with Gasteiger partial charge in [0.25, 0.3) is 5.91 Å². The maximum absolute atomic E-state index is 13.1. The van der Waals surface area contributed by atoms with Crippen LogP contribution in [0.5, 0.6) is 0 Å². The molecule has 2 aromatic carbocycles. The van der Waals surface area contributed by atoms with E-state index in [4.69, 9.17) is 10.7 Å². The molecule has 1 aliphatic heterocycles. The summed E-state index contributed by atoms with van der Waals surface area (Å²) in [6, 6.07) is 13.4. The molecule has 0 unspecified atom stereocenters. The number of carbonyl (C=O) groups is 2. The SMILES string of the molecule is NC(=O)c1cccc(C(=O)Nc2nc3cc(CN4CCCCC4)ccc3n2C2CCCCC2)c1. The Kier molecular flexibility index (Phi) is 6.63. The lowest BCUT2D eigenvalue weighted by Gasteiger charge is -2.26. The second-order valence-electron chi connectivity index (χ2n) is 9.66. The van der Waals surface area contributed by atoms with Crippen LogP contribution >= 0.6 is 0 Å². The first-order valence-corrected chi connectivity index (χ1v) is 12.5. The van der Waals surface area contributed by atoms with Crippen molar-refractivity contribution in [2.24, 2.45) is 5.73 Å². The minimum absolute atomic E-state index is 0.288. The number of nitrogens with one attached hydrogen (secondary N) is 1. The van der Waals surface area contributed by atoms with E-state index in [-0.39, 0.29) is 5.91 Å². The molecular weight excluding hydrogens is 426 g/mol. The highest BCUT2D eigenvalue weighted by Crippen LogP contribution is 2.35. The number of amides is 2. The second-order valence-corrected chi connectivity index (χ2v) is 9.66. The number of likely N-dealkylation sites (tertiary alicyclic amines) is 1. The van der Waals surface area contributed by atoms with Gasteiger partial charge in [0.15, 0.2) is 0 Å². The third-order valence-electron chi connectivity index (χ3n) is 7.18. The zero-order valence-electron chi connectivity index (χ0n) is 19.6. The van der Waals surface area contributed by atoms with E-state index in [2.05, 4.69) is 33.0 Å². The highest BCUT2D eigenvalue weighted by Gasteiger charge is 2.23. The van der Waals surface area contributed by atoms with E-state index in [0.29, 0.717) is 23.1 Å². The van der Waals surface area contributed by atoms with Crippen LogP contribution in [0.1, 0.15) is 83.7 Å². The van der Waals surface area contributed by atoms with Gasteiger partial charge in [0.05, 0.1) is 11.0 Å². The molecule has 3 N–H and O–H groups in total. The van der Waals surface area contributed by atoms with Crippen molar-refractivity contribution in [3.63, 3.8) is 0 Å². The fourth-order valence-corrected chi connectivity index (χ4v) is 5.40. The van der Waals surface area contributed by atoms with E-state index in [1.165, 1.54) is 50.2 Å². The molecule has 3 aromatic rings. The molecule has 5 rings (SSSR count). The third kappa shape index (κ3) is 4.85. The maximum Gasteiger partial charge on any atom is 0.257 e. The predicted molar refractivity (Wildman–Crippen MR) is 134 cm³/mol. The third-order valence-corrected chi connectivity index (χ3v) is 7.18. The van der Waals surface area contributed by atoms with Crippen LogP contribution in [0.4, 0.5) is 5.95 Å². The van der Waals surface area contributed by atoms with Crippen LogP contribution in [0.25, 0.3) is 11.0 Å². The number of fused-ring (bicyclic) bond motifs is 1. The minimum atomic E-state index is -0.551. The quantitative estimate of drug-likeness (QED) is 0.549. The molecule has 0 spiro atoms. The molecule has 178 valence electrons. The van der Waals surface area contributed by atoms with Gasteiger partial charge in [-0.15, -0.1) is 0 Å². The number of benzene rings is 2. The first-order chi connectivity index (χ1) is 16.6. The smallest absolute Gasteiger partial charge is 0.257 e. The van der Waals surface area contributed by atoms with Gasteiger partial charge in [-0.05, 0) is 74.7 Å². The molecule has 0 atom stereocenters. The van der Waals surface area contributed by atoms with Gasteiger partial charge in [0.2, 0.25) is 11.9 Å². The zero-order chi connectivity index (χ0) is 23.5. The number of imidazole rings is 1. The number of nitrogens with zero attached hydrogens (tertiary/aromatic N) is 3. The van der Waals surface area contributed by atoms with E-state index in [0.717, 1.165) is 43.5 Å². The van der Waals surface area contributed by atoms with Crippen LogP contribution in [-0.4, -0.2) is 39.4 Å². The molecule has 7 nitrogen and oxygen atoms in total. The van der Waals surface area contributed by atoms with Crippen LogP contribution < -0.4 is 11.1 Å². The van der Waals surface area contributed by atoms with Gasteiger partial charge in [-0.1, -0.05) is 37.8 Å². The molecule has 1 aliphatic carbocycles. The number of piperidine rings is 1. The lowest BCUT2D eigenvalue weighted by atomic mass is 9.95. The number of anilines is 1. The predicted octanol–water partition coefficient (Wildman–Crippen LogP) is 4.88. The van der Waals surface area contributed by atoms with Crippen molar-refractivity contribution in [2.75, 3.05) is 18.4 Å². The van der Waals surface area contributed by atoms with Crippen molar-refractivity contribution in [1.29, 1.82) is 0 Å². The monoisotopic (exact) mass is 459 g/mol. The number of primary amides is 1. The first-order valence-electron chi connectivity index (χ1n) is 12.5. The summed E-state index contributed by atoms with van der Waals surface area (Å²) in [6.45, 7) is 3.24. The number of rotatable bonds is 6. The van der Waals surface area contributed by atoms with Gasteiger partial charge in [0.1, 0.15) is 0 Å². The van der Waals surface area contributed by atoms with E-state index in [1.54, 1.807) is 18.2 Å². The molecule has 1 saturated heterocycles. The number of nitrogens with two attached hydrogens (primary N) is 1. The van der Waals surface area contributed by atoms with Crippen LogP contribution in [-0.2, 0) is 6.54 Å². The summed E-state index contributed by atoms with van der Waals surface area (Å²) in [5, 5.41) is 3.03. The van der Waals surface area contributed by atoms with Crippen LogP contribution in [0.3, 0.4) is 0 Å². The highest BCUT2D eigenvalue weighted by molar-refractivity contribution is 6.05. The van der Waals surface area contributed by atoms with Crippen molar-refractivity contribution in [3.05, 3.63) is 59.2 Å². The molecule has 2 amide bonds. The molecule has 0 bridgehead atoms. The Morgan fingerprint density at radius 3 is 2.44 bits per heavy atom. The van der Waals surface area contributed by atoms with E-state index >= 15 is 0 Å². The Morgan fingerprint density at radius 1 is 0.941 bits per heavy atom. The Labute approximate surface area is 200 Å². The minimum Gasteiger partial charge on any atom is -0.366 e. The molecule has 1 aromatic heterocycles. The highest BCUT2D eigenvalue weighted by atomic mass is 16.2. The Balaban J connectivity index is 1.46. The van der Waals surface area contributed by atoms with E-state index < -0.39 is 5.91 Å². The number of aromatic nitrogens is 2. The molecule has 2 heterocycles. The Hall–Kier alpha value is -3.19. The Bertz CT molecular complexity index is 1190. The van der Waals surface area contributed by atoms with Gasteiger partial charge >= 0.3 is 0 Å². The van der Waals surface area contributed by atoms with Crippen LogP contribution in [0, 0.1) is 0 Å². The molecule has 7 heteroatoms. The first kappa shape index (κ1) is 22.6. The maximum atomic E-state index is 13.1. The second kappa shape index (κ2) is 9.97. The van der Waals surface area contributed by atoms with Crippen molar-refractivity contribution < 1.29 is 9.59 Å². The topological polar surface area (TPSA) is 93.2 Å². The molecular formula is C27H33N5O2. The van der Waals surface area contributed by atoms with Gasteiger partial charge in [-0.25, -0.2) is 4.98 Å². The summed E-state index contributed by atoms with van der Waals surface area (Å²) < 4.78 is 2.22. The average molecular weight is 460 g/mol. The number of hydrogen-bond acceptors (Lipinski definition) is 4. The molecule has 2 aliphatic rings. The summed E-state index contributed by atoms with van der Waals surface area (Å²) in [5.74, 6) is -0.263. The molecule has 0 radical (unpaired) electrons. The number of hydrogen-bond donors (Lipinski definition) is 2. The molecule has 34 heavy (non-hydrogen) atoms. The van der Waals surface area contributed by atoms with Gasteiger partial charge in [0, 0.05) is 23.7 Å². The summed E-state index contributed by atoms with van der Waals surface area (Å²) in [4.78, 5) is 32.1. The standard InChI is InChI=1S/C27H33N5O2/c28-25(33)20-8-7-9-21(17-20)26(34)30-27-29-23-16-19(18-31-14-5-2-6-15-31)12-13-24(23)32(27)22-10-3-1-4-11-22/h7-9,12-13,16-17,22H,1-6,10-11,14-15,18H2,(H2,28,33)(H,29,30,34). The van der Waals surface area contributed by atoms with Crippen molar-refractivity contribution >= 4 is 28.8 Å². The van der Waals surface area contributed by atoms with Crippen LogP contribution in [0.15, 0.2) is 42.5 Å². The summed E-state index contributed by atoms with van der Waals surface area (Å²) in [5.41, 5.74) is 9.35. The van der Waals surface area contributed by atoms with Crippen molar-refractivity contribution in [1.82, 2.24) is 14.5 Å². The average Bonchev–Trinajstić information content (AvgIpc) is 3.22.